The Labute approximate surface area is 84.9 Å². The van der Waals surface area contributed by atoms with Crippen LogP contribution in [-0.2, 0) is 11.8 Å². The highest BCUT2D eigenvalue weighted by atomic mass is 16.5. The van der Waals surface area contributed by atoms with Gasteiger partial charge in [0.05, 0.1) is 12.3 Å². The third kappa shape index (κ3) is 3.20. The molecule has 0 aliphatic heterocycles. The molecule has 1 heterocycles. The van der Waals surface area contributed by atoms with E-state index in [-0.39, 0.29) is 5.97 Å². The molecule has 80 valence electrons. The minimum absolute atomic E-state index is 0.303. The number of aryl methyl sites for hydroxylation is 2. The Morgan fingerprint density at radius 3 is 2.50 bits per heavy atom. The van der Waals surface area contributed by atoms with Crippen molar-refractivity contribution in [2.24, 2.45) is 7.05 Å². The number of carbonyl (C=O) groups is 1. The van der Waals surface area contributed by atoms with Crippen LogP contribution in [0.1, 0.15) is 36.8 Å². The van der Waals surface area contributed by atoms with Gasteiger partial charge in [0.15, 0.2) is 0 Å². The van der Waals surface area contributed by atoms with E-state index in [0.29, 0.717) is 17.9 Å². The molecule has 0 unspecified atom stereocenters. The first-order valence-corrected chi connectivity index (χ1v) is 4.82. The fourth-order valence-corrected chi connectivity index (χ4v) is 1.01. The van der Waals surface area contributed by atoms with Gasteiger partial charge in [-0.05, 0) is 13.8 Å². The van der Waals surface area contributed by atoms with Gasteiger partial charge in [-0.1, -0.05) is 13.8 Å². The topological polar surface area (TPSA) is 44.1 Å². The zero-order chi connectivity index (χ0) is 11.1. The molecule has 0 bridgehead atoms. The summed E-state index contributed by atoms with van der Waals surface area (Å²) in [5.74, 6) is -0.303. The molecule has 1 aromatic rings. The molecule has 4 heteroatoms. The summed E-state index contributed by atoms with van der Waals surface area (Å²) in [6.07, 6.45) is 1.66. The van der Waals surface area contributed by atoms with Gasteiger partial charge in [-0.2, -0.15) is 5.10 Å². The van der Waals surface area contributed by atoms with E-state index in [2.05, 4.69) is 5.10 Å². The normalized spacial score (nSPS) is 8.93. The smallest absolute Gasteiger partial charge is 0.341 e. The predicted octanol–water partition coefficient (Wildman–Crippen LogP) is 1.93. The summed E-state index contributed by atoms with van der Waals surface area (Å²) in [6, 6.07) is 0. The van der Waals surface area contributed by atoms with E-state index >= 15 is 0 Å². The Bertz CT molecular complexity index is 292. The van der Waals surface area contributed by atoms with Crippen molar-refractivity contribution in [3.63, 3.8) is 0 Å². The molecular formula is C10H18N2O2. The molecule has 0 fully saturated rings. The number of nitrogens with zero attached hydrogens (tertiary/aromatic N) is 2. The van der Waals surface area contributed by atoms with Crippen molar-refractivity contribution < 1.29 is 9.53 Å². The fourth-order valence-electron chi connectivity index (χ4n) is 1.01. The van der Waals surface area contributed by atoms with E-state index in [9.17, 15) is 4.79 Å². The maximum absolute atomic E-state index is 11.2. The van der Waals surface area contributed by atoms with Gasteiger partial charge < -0.3 is 4.74 Å². The van der Waals surface area contributed by atoms with Crippen molar-refractivity contribution in [1.82, 2.24) is 9.78 Å². The van der Waals surface area contributed by atoms with Crippen LogP contribution in [0.4, 0.5) is 0 Å². The molecule has 0 atom stereocenters. The van der Waals surface area contributed by atoms with Crippen molar-refractivity contribution in [3.8, 4) is 0 Å². The monoisotopic (exact) mass is 198 g/mol. The molecular weight excluding hydrogens is 180 g/mol. The Hall–Kier alpha value is -1.32. The number of esters is 1. The molecule has 1 aromatic heterocycles. The van der Waals surface area contributed by atoms with Crippen LogP contribution in [0, 0.1) is 6.92 Å². The van der Waals surface area contributed by atoms with Crippen LogP contribution in [0.25, 0.3) is 0 Å². The van der Waals surface area contributed by atoms with Gasteiger partial charge in [0.1, 0.15) is 5.56 Å². The molecule has 0 N–H and O–H groups in total. The molecule has 14 heavy (non-hydrogen) atoms. The highest BCUT2D eigenvalue weighted by Crippen LogP contribution is 2.05. The average Bonchev–Trinajstić information content (AvgIpc) is 2.49. The standard InChI is InChI=1S/C8H12N2O2.C2H6/c1-4-12-8(11)7-5-10(3)9-6(7)2;1-2/h5H,4H2,1-3H3;1-2H3. The Morgan fingerprint density at radius 2 is 2.14 bits per heavy atom. The quantitative estimate of drug-likeness (QED) is 0.682. The highest BCUT2D eigenvalue weighted by molar-refractivity contribution is 5.90. The number of hydrogen-bond acceptors (Lipinski definition) is 3. The van der Waals surface area contributed by atoms with Gasteiger partial charge in [-0.3, -0.25) is 4.68 Å². The van der Waals surface area contributed by atoms with Crippen LogP contribution >= 0.6 is 0 Å². The van der Waals surface area contributed by atoms with E-state index in [1.165, 1.54) is 0 Å². The zero-order valence-electron chi connectivity index (χ0n) is 9.50. The number of hydrogen-bond donors (Lipinski definition) is 0. The van der Waals surface area contributed by atoms with E-state index in [1.54, 1.807) is 31.8 Å². The number of ether oxygens (including phenoxy) is 1. The first-order valence-electron chi connectivity index (χ1n) is 4.82. The Morgan fingerprint density at radius 1 is 1.57 bits per heavy atom. The van der Waals surface area contributed by atoms with Crippen LogP contribution in [0.2, 0.25) is 0 Å². The van der Waals surface area contributed by atoms with Gasteiger partial charge in [-0.15, -0.1) is 0 Å². The van der Waals surface area contributed by atoms with Gasteiger partial charge in [0.25, 0.3) is 0 Å². The largest absolute Gasteiger partial charge is 0.462 e. The first-order chi connectivity index (χ1) is 6.65. The van der Waals surface area contributed by atoms with E-state index in [1.807, 2.05) is 13.8 Å². The molecule has 0 aliphatic rings. The van der Waals surface area contributed by atoms with Crippen LogP contribution < -0.4 is 0 Å². The van der Waals surface area contributed by atoms with Crippen molar-refractivity contribution in [1.29, 1.82) is 0 Å². The second-order valence-electron chi connectivity index (χ2n) is 2.52. The molecule has 4 nitrogen and oxygen atoms in total. The van der Waals surface area contributed by atoms with Gasteiger partial charge in [0, 0.05) is 13.2 Å². The summed E-state index contributed by atoms with van der Waals surface area (Å²) in [6.45, 7) is 7.96. The summed E-state index contributed by atoms with van der Waals surface area (Å²) in [5, 5.41) is 4.03. The molecule has 0 saturated heterocycles. The maximum Gasteiger partial charge on any atom is 0.341 e. The van der Waals surface area contributed by atoms with Crippen molar-refractivity contribution >= 4 is 5.97 Å². The number of aromatic nitrogens is 2. The van der Waals surface area contributed by atoms with E-state index in [0.717, 1.165) is 0 Å². The fraction of sp³-hybridized carbons (Fsp3) is 0.600. The van der Waals surface area contributed by atoms with E-state index in [4.69, 9.17) is 4.74 Å². The molecule has 1 rings (SSSR count). The first kappa shape index (κ1) is 12.7. The molecule has 0 saturated carbocycles. The summed E-state index contributed by atoms with van der Waals surface area (Å²) in [7, 11) is 1.77. The van der Waals surface area contributed by atoms with Crippen LogP contribution in [-0.4, -0.2) is 22.4 Å². The number of carbonyl (C=O) groups excluding carboxylic acids is 1. The molecule has 0 spiro atoms. The Kier molecular flexibility index (Phi) is 5.60. The van der Waals surface area contributed by atoms with Gasteiger partial charge in [-0.25, -0.2) is 4.79 Å². The minimum Gasteiger partial charge on any atom is -0.462 e. The average molecular weight is 198 g/mol. The van der Waals surface area contributed by atoms with Crippen LogP contribution in [0.15, 0.2) is 6.20 Å². The van der Waals surface area contributed by atoms with Crippen molar-refractivity contribution in [2.45, 2.75) is 27.7 Å². The van der Waals surface area contributed by atoms with Gasteiger partial charge >= 0.3 is 5.97 Å². The lowest BCUT2D eigenvalue weighted by molar-refractivity contribution is 0.0525. The molecule has 0 amide bonds. The summed E-state index contributed by atoms with van der Waals surface area (Å²) in [4.78, 5) is 11.2. The molecule has 0 aliphatic carbocycles. The summed E-state index contributed by atoms with van der Waals surface area (Å²) >= 11 is 0. The third-order valence-electron chi connectivity index (χ3n) is 1.51. The minimum atomic E-state index is -0.303. The SMILES string of the molecule is CC.CCOC(=O)c1cn(C)nc1C. The van der Waals surface area contributed by atoms with Crippen LogP contribution in [0.3, 0.4) is 0 Å². The second-order valence-corrected chi connectivity index (χ2v) is 2.52. The Balaban J connectivity index is 0.000000791. The lowest BCUT2D eigenvalue weighted by Gasteiger charge is -1.97. The van der Waals surface area contributed by atoms with Crippen molar-refractivity contribution in [2.75, 3.05) is 6.61 Å². The molecule has 0 radical (unpaired) electrons. The lowest BCUT2D eigenvalue weighted by atomic mass is 10.3. The molecule has 0 aromatic carbocycles. The highest BCUT2D eigenvalue weighted by Gasteiger charge is 2.12. The van der Waals surface area contributed by atoms with E-state index < -0.39 is 0 Å². The van der Waals surface area contributed by atoms with Gasteiger partial charge in [0.2, 0.25) is 0 Å². The second kappa shape index (κ2) is 6.18. The van der Waals surface area contributed by atoms with Crippen molar-refractivity contribution in [3.05, 3.63) is 17.5 Å². The van der Waals surface area contributed by atoms with Crippen LogP contribution in [0.5, 0.6) is 0 Å². The predicted molar refractivity (Wildman–Crippen MR) is 55.2 cm³/mol. The lowest BCUT2D eigenvalue weighted by Crippen LogP contribution is -2.04. The third-order valence-corrected chi connectivity index (χ3v) is 1.51. The summed E-state index contributed by atoms with van der Waals surface area (Å²) in [5.41, 5.74) is 1.25. The zero-order valence-corrected chi connectivity index (χ0v) is 9.50. The maximum atomic E-state index is 11.2. The number of rotatable bonds is 2. The summed E-state index contributed by atoms with van der Waals surface area (Å²) < 4.78 is 6.43.